The molecule has 0 unspecified atom stereocenters. The van der Waals surface area contributed by atoms with E-state index in [4.69, 9.17) is 4.74 Å². The molecule has 0 N–H and O–H groups in total. The summed E-state index contributed by atoms with van der Waals surface area (Å²) in [5.74, 6) is -1.50. The number of benzene rings is 2. The molecule has 2 aromatic heterocycles. The van der Waals surface area contributed by atoms with Crippen LogP contribution in [0.1, 0.15) is 18.9 Å². The van der Waals surface area contributed by atoms with E-state index >= 15 is 0 Å². The maximum absolute atomic E-state index is 14.2. The number of anilines is 1. The van der Waals surface area contributed by atoms with E-state index in [0.29, 0.717) is 31.6 Å². The monoisotopic (exact) mass is 463 g/mol. The number of ether oxygens (including phenoxy) is 1. The molecule has 0 aliphatic carbocycles. The first-order chi connectivity index (χ1) is 16.6. The molecule has 0 saturated carbocycles. The summed E-state index contributed by atoms with van der Waals surface area (Å²) in [5.41, 5.74) is 1.54. The Bertz CT molecular complexity index is 1360. The highest BCUT2D eigenvalue weighted by Gasteiger charge is 2.26. The van der Waals surface area contributed by atoms with E-state index in [1.54, 1.807) is 33.9 Å². The number of para-hydroxylation sites is 1. The minimum atomic E-state index is -0.855. The lowest BCUT2D eigenvalue weighted by Gasteiger charge is -2.34. The first-order valence-electron chi connectivity index (χ1n) is 11.0. The predicted molar refractivity (Wildman–Crippen MR) is 124 cm³/mol. The van der Waals surface area contributed by atoms with Crippen LogP contribution < -0.4 is 15.1 Å². The summed E-state index contributed by atoms with van der Waals surface area (Å²) in [4.78, 5) is 14.9. The minimum Gasteiger partial charge on any atom is -0.491 e. The van der Waals surface area contributed by atoms with Gasteiger partial charge in [0.15, 0.2) is 23.1 Å². The SMILES string of the molecule is COc1cn(C2CCN(c3cccc(F)c3F)CC2)nc(-c2ccnn2-c2ccccc2)c1=O. The predicted octanol–water partition coefficient (Wildman–Crippen LogP) is 4.22. The fraction of sp³-hybridized carbons (Fsp3) is 0.240. The van der Waals surface area contributed by atoms with E-state index in [1.165, 1.54) is 13.2 Å². The first kappa shape index (κ1) is 21.8. The maximum atomic E-state index is 14.2. The molecule has 3 heterocycles. The summed E-state index contributed by atoms with van der Waals surface area (Å²) in [6.07, 6.45) is 4.52. The Morgan fingerprint density at radius 3 is 2.50 bits per heavy atom. The van der Waals surface area contributed by atoms with Crippen molar-refractivity contribution in [3.05, 3.63) is 88.8 Å². The van der Waals surface area contributed by atoms with Crippen LogP contribution in [0.25, 0.3) is 17.1 Å². The standard InChI is InChI=1S/C25H23F2N5O2/c1-34-22-16-31(17-11-14-30(15-12-17)20-9-5-8-19(26)23(20)27)29-24(25(22)33)21-10-13-28-32(21)18-6-3-2-4-7-18/h2-10,13,16-17H,11-12,14-15H2,1H3. The van der Waals surface area contributed by atoms with Crippen LogP contribution in [0.3, 0.4) is 0 Å². The topological polar surface area (TPSA) is 65.2 Å². The molecule has 4 aromatic rings. The van der Waals surface area contributed by atoms with Gasteiger partial charge in [-0.1, -0.05) is 24.3 Å². The van der Waals surface area contributed by atoms with Gasteiger partial charge in [-0.15, -0.1) is 0 Å². The summed E-state index contributed by atoms with van der Waals surface area (Å²) in [7, 11) is 1.45. The van der Waals surface area contributed by atoms with Gasteiger partial charge in [0.05, 0.1) is 42.6 Å². The van der Waals surface area contributed by atoms with Crippen LogP contribution in [0.5, 0.6) is 5.75 Å². The Labute approximate surface area is 194 Å². The van der Waals surface area contributed by atoms with Crippen molar-refractivity contribution in [2.45, 2.75) is 18.9 Å². The zero-order valence-corrected chi connectivity index (χ0v) is 18.6. The fourth-order valence-corrected chi connectivity index (χ4v) is 4.35. The zero-order valence-electron chi connectivity index (χ0n) is 18.6. The highest BCUT2D eigenvalue weighted by atomic mass is 19.2. The van der Waals surface area contributed by atoms with Crippen molar-refractivity contribution in [2.75, 3.05) is 25.1 Å². The molecule has 0 radical (unpaired) electrons. The van der Waals surface area contributed by atoms with E-state index in [9.17, 15) is 13.6 Å². The molecule has 1 aliphatic heterocycles. The van der Waals surface area contributed by atoms with Gasteiger partial charge in [0.2, 0.25) is 0 Å². The van der Waals surface area contributed by atoms with E-state index in [1.807, 2.05) is 35.2 Å². The van der Waals surface area contributed by atoms with Gasteiger partial charge in [-0.05, 0) is 43.2 Å². The van der Waals surface area contributed by atoms with Gasteiger partial charge in [-0.3, -0.25) is 9.48 Å². The second-order valence-electron chi connectivity index (χ2n) is 8.11. The van der Waals surface area contributed by atoms with Crippen LogP contribution >= 0.6 is 0 Å². The molecule has 1 aliphatic rings. The van der Waals surface area contributed by atoms with Gasteiger partial charge in [-0.2, -0.15) is 10.2 Å². The summed E-state index contributed by atoms with van der Waals surface area (Å²) in [6.45, 7) is 1.05. The number of nitrogens with zero attached hydrogens (tertiary/aromatic N) is 5. The molecule has 1 fully saturated rings. The highest BCUT2D eigenvalue weighted by Crippen LogP contribution is 2.30. The Morgan fingerprint density at radius 1 is 1.00 bits per heavy atom. The molecule has 1 saturated heterocycles. The molecule has 9 heteroatoms. The summed E-state index contributed by atoms with van der Waals surface area (Å²) in [6, 6.07) is 15.4. The largest absolute Gasteiger partial charge is 0.491 e. The van der Waals surface area contributed by atoms with Gasteiger partial charge in [0, 0.05) is 13.1 Å². The fourth-order valence-electron chi connectivity index (χ4n) is 4.35. The molecule has 0 atom stereocenters. The average molecular weight is 463 g/mol. The minimum absolute atomic E-state index is 0.0331. The quantitative estimate of drug-likeness (QED) is 0.443. The van der Waals surface area contributed by atoms with Gasteiger partial charge < -0.3 is 9.64 Å². The number of hydrogen-bond donors (Lipinski definition) is 0. The molecule has 174 valence electrons. The van der Waals surface area contributed by atoms with Gasteiger partial charge in [0.1, 0.15) is 0 Å². The molecule has 0 amide bonds. The first-order valence-corrected chi connectivity index (χ1v) is 11.0. The Morgan fingerprint density at radius 2 is 1.76 bits per heavy atom. The van der Waals surface area contributed by atoms with Crippen LogP contribution in [0.2, 0.25) is 0 Å². The molecule has 2 aromatic carbocycles. The molecule has 0 bridgehead atoms. The van der Waals surface area contributed by atoms with Crippen LogP contribution in [0.4, 0.5) is 14.5 Å². The molecule has 7 nitrogen and oxygen atoms in total. The summed E-state index contributed by atoms with van der Waals surface area (Å²) in [5, 5.41) is 9.05. The molecular weight excluding hydrogens is 440 g/mol. The third-order valence-corrected chi connectivity index (χ3v) is 6.12. The van der Waals surface area contributed by atoms with E-state index in [0.717, 1.165) is 11.8 Å². The number of methoxy groups -OCH3 is 1. The normalized spacial score (nSPS) is 14.4. The molecule has 0 spiro atoms. The van der Waals surface area contributed by atoms with Crippen molar-refractivity contribution in [1.82, 2.24) is 19.6 Å². The van der Waals surface area contributed by atoms with Crippen molar-refractivity contribution in [3.63, 3.8) is 0 Å². The Balaban J connectivity index is 1.46. The molecule has 34 heavy (non-hydrogen) atoms. The average Bonchev–Trinajstić information content (AvgIpc) is 3.36. The van der Waals surface area contributed by atoms with Gasteiger partial charge in [-0.25, -0.2) is 13.5 Å². The molecule has 5 rings (SSSR count). The lowest BCUT2D eigenvalue weighted by molar-refractivity contribution is 0.344. The Hall–Kier alpha value is -4.01. The van der Waals surface area contributed by atoms with Crippen LogP contribution in [-0.2, 0) is 0 Å². The van der Waals surface area contributed by atoms with Crippen LogP contribution in [0.15, 0.2) is 71.8 Å². The van der Waals surface area contributed by atoms with Gasteiger partial charge in [0.25, 0.3) is 5.43 Å². The van der Waals surface area contributed by atoms with Crippen LogP contribution in [-0.4, -0.2) is 39.8 Å². The number of aromatic nitrogens is 4. The van der Waals surface area contributed by atoms with E-state index in [2.05, 4.69) is 10.2 Å². The third kappa shape index (κ3) is 3.93. The third-order valence-electron chi connectivity index (χ3n) is 6.12. The second-order valence-corrected chi connectivity index (χ2v) is 8.11. The lowest BCUT2D eigenvalue weighted by Crippen LogP contribution is -2.36. The van der Waals surface area contributed by atoms with Crippen molar-refractivity contribution < 1.29 is 13.5 Å². The van der Waals surface area contributed by atoms with Crippen molar-refractivity contribution >= 4 is 5.69 Å². The summed E-state index contributed by atoms with van der Waals surface area (Å²) >= 11 is 0. The van der Waals surface area contributed by atoms with E-state index in [-0.39, 0.29) is 28.6 Å². The maximum Gasteiger partial charge on any atom is 0.251 e. The zero-order chi connectivity index (χ0) is 23.7. The number of halogens is 2. The van der Waals surface area contributed by atoms with E-state index < -0.39 is 11.6 Å². The summed E-state index contributed by atoms with van der Waals surface area (Å²) < 4.78 is 36.7. The number of hydrogen-bond acceptors (Lipinski definition) is 5. The smallest absolute Gasteiger partial charge is 0.251 e. The van der Waals surface area contributed by atoms with Crippen molar-refractivity contribution in [3.8, 4) is 22.8 Å². The number of piperidine rings is 1. The van der Waals surface area contributed by atoms with Gasteiger partial charge >= 0.3 is 0 Å². The van der Waals surface area contributed by atoms with Crippen molar-refractivity contribution in [1.29, 1.82) is 0 Å². The highest BCUT2D eigenvalue weighted by molar-refractivity contribution is 5.58. The molecular formula is C25H23F2N5O2. The van der Waals surface area contributed by atoms with Crippen molar-refractivity contribution in [2.24, 2.45) is 0 Å². The van der Waals surface area contributed by atoms with Crippen LogP contribution in [0, 0.1) is 11.6 Å². The lowest BCUT2D eigenvalue weighted by atomic mass is 10.0. The Kier molecular flexibility index (Phi) is 5.83. The number of rotatable bonds is 5. The second kappa shape index (κ2) is 9.09.